The molecule has 0 aromatic rings. The number of hydrogen-bond acceptors (Lipinski definition) is 1. The summed E-state index contributed by atoms with van der Waals surface area (Å²) in [6.45, 7) is 0. The van der Waals surface area contributed by atoms with Gasteiger partial charge >= 0.3 is 0 Å². The monoisotopic (exact) mass is 143 g/mol. The number of methoxy groups -OCH3 is 1. The first-order chi connectivity index (χ1) is 2.77. The summed E-state index contributed by atoms with van der Waals surface area (Å²) in [7, 11) is 0.415. The van der Waals surface area contributed by atoms with E-state index in [9.17, 15) is 0 Å². The molecule has 0 atom stereocenters. The van der Waals surface area contributed by atoms with Crippen LogP contribution < -0.4 is 0 Å². The van der Waals surface area contributed by atoms with Crippen LogP contribution >= 0.6 is 22.2 Å². The lowest BCUT2D eigenvalue weighted by atomic mass is 11.5. The van der Waals surface area contributed by atoms with Crippen LogP contribution in [0.4, 0.5) is 0 Å². The topological polar surface area (TPSA) is 9.23 Å². The van der Waals surface area contributed by atoms with E-state index in [2.05, 4.69) is 4.74 Å². The van der Waals surface area contributed by atoms with Crippen LogP contribution in [-0.2, 0) is 4.74 Å². The second kappa shape index (κ2) is 3.93. The zero-order valence-corrected chi connectivity index (χ0v) is 5.88. The van der Waals surface area contributed by atoms with Crippen molar-refractivity contribution in [1.29, 1.82) is 0 Å². The molecule has 0 heterocycles. The van der Waals surface area contributed by atoms with E-state index in [0.29, 0.717) is 6.23 Å². The van der Waals surface area contributed by atoms with Gasteiger partial charge < -0.3 is 4.74 Å². The molecule has 0 aliphatic heterocycles. The Bertz CT molecular complexity index is 32.7. The molecule has 1 radical (unpaired) electrons. The zero-order valence-electron chi connectivity index (χ0n) is 3.37. The van der Waals surface area contributed by atoms with Gasteiger partial charge in [0.15, 0.2) is 0 Å². The molecule has 0 bridgehead atoms. The van der Waals surface area contributed by atoms with E-state index in [1.165, 1.54) is 0 Å². The Kier molecular flexibility index (Phi) is 4.43. The van der Waals surface area contributed by atoms with Gasteiger partial charge in [-0.25, -0.2) is 0 Å². The highest BCUT2D eigenvalue weighted by Gasteiger charge is 1.98. The summed E-state index contributed by atoms with van der Waals surface area (Å²) < 4.78 is 4.58. The summed E-state index contributed by atoms with van der Waals surface area (Å²) in [5.41, 5.74) is 0. The van der Waals surface area contributed by atoms with Crippen LogP contribution in [0.1, 0.15) is 0 Å². The molecule has 0 spiro atoms. The van der Waals surface area contributed by atoms with E-state index in [1.54, 1.807) is 7.11 Å². The maximum absolute atomic E-state index is 5.32. The lowest BCUT2D eigenvalue weighted by molar-refractivity contribution is 0.252. The van der Waals surface area contributed by atoms with Crippen molar-refractivity contribution in [3.63, 3.8) is 0 Å². The van der Waals surface area contributed by atoms with Gasteiger partial charge in [-0.05, 0) is 0 Å². The van der Waals surface area contributed by atoms with Crippen LogP contribution in [0.15, 0.2) is 0 Å². The van der Waals surface area contributed by atoms with E-state index in [4.69, 9.17) is 22.2 Å². The molecular weight excluding hydrogens is 139 g/mol. The van der Waals surface area contributed by atoms with Crippen molar-refractivity contribution < 1.29 is 4.74 Å². The molecule has 0 aliphatic rings. The fourth-order valence-electron chi connectivity index (χ4n) is 0.109. The maximum atomic E-state index is 5.32. The van der Waals surface area contributed by atoms with Gasteiger partial charge in [0, 0.05) is 7.11 Å². The number of halogens is 2. The predicted molar refractivity (Wildman–Crippen MR) is 29.3 cm³/mol. The Labute approximate surface area is 48.2 Å². The van der Waals surface area contributed by atoms with Crippen LogP contribution in [0.5, 0.6) is 0 Å². The van der Waals surface area contributed by atoms with Crippen molar-refractivity contribution in [2.75, 3.05) is 13.3 Å². The first-order valence-corrected chi connectivity index (χ1v) is 5.16. The third-order valence-corrected chi connectivity index (χ3v) is 1.41. The van der Waals surface area contributed by atoms with Crippen LogP contribution in [0, 0.1) is 0 Å². The average Bonchev–Trinajstić information content (AvgIpc) is 1.35. The van der Waals surface area contributed by atoms with Gasteiger partial charge in [0.05, 0.1) is 6.23 Å². The van der Waals surface area contributed by atoms with Crippen molar-refractivity contribution in [3.05, 3.63) is 0 Å². The van der Waals surface area contributed by atoms with E-state index in [1.807, 2.05) is 0 Å². The third-order valence-electron chi connectivity index (χ3n) is 0.253. The Hall–Kier alpha value is 0.757. The summed E-state index contributed by atoms with van der Waals surface area (Å²) in [6, 6.07) is 0. The van der Waals surface area contributed by atoms with Crippen molar-refractivity contribution in [3.8, 4) is 0 Å². The molecule has 0 N–H and O–H groups in total. The quantitative estimate of drug-likeness (QED) is 0.417. The molecule has 37 valence electrons. The SMILES string of the molecule is COC[Si](Cl)Cl. The first-order valence-electron chi connectivity index (χ1n) is 1.43. The lowest BCUT2D eigenvalue weighted by Crippen LogP contribution is -2.02. The van der Waals surface area contributed by atoms with Gasteiger partial charge in [-0.2, -0.15) is 0 Å². The van der Waals surface area contributed by atoms with Crippen molar-refractivity contribution in [2.45, 2.75) is 0 Å². The summed E-state index contributed by atoms with van der Waals surface area (Å²) in [4.78, 5) is 0. The summed E-state index contributed by atoms with van der Waals surface area (Å²) >= 11 is 10.6. The molecule has 0 fully saturated rings. The van der Waals surface area contributed by atoms with Crippen molar-refractivity contribution in [2.24, 2.45) is 0 Å². The molecule has 0 saturated heterocycles. The minimum atomic E-state index is -1.16. The standard InChI is InChI=1S/C2H5Cl2OSi/c1-5-2-6(3)4/h2H2,1H3. The fourth-order valence-corrected chi connectivity index (χ4v) is 0.982. The largest absolute Gasteiger partial charge is 0.385 e. The van der Waals surface area contributed by atoms with Crippen LogP contribution in [-0.4, -0.2) is 20.8 Å². The third kappa shape index (κ3) is 4.76. The van der Waals surface area contributed by atoms with E-state index in [-0.39, 0.29) is 0 Å². The van der Waals surface area contributed by atoms with E-state index >= 15 is 0 Å². The Morgan fingerprint density at radius 2 is 2.17 bits per heavy atom. The van der Waals surface area contributed by atoms with E-state index in [0.717, 1.165) is 0 Å². The van der Waals surface area contributed by atoms with Crippen LogP contribution in [0.2, 0.25) is 0 Å². The predicted octanol–water partition coefficient (Wildman–Crippen LogP) is 1.14. The molecule has 4 heteroatoms. The normalized spacial score (nSPS) is 10.0. The number of ether oxygens (including phenoxy) is 1. The smallest absolute Gasteiger partial charge is 0.300 e. The summed E-state index contributed by atoms with van der Waals surface area (Å²) in [5, 5.41) is 0. The zero-order chi connectivity index (χ0) is 4.99. The van der Waals surface area contributed by atoms with E-state index < -0.39 is 7.42 Å². The van der Waals surface area contributed by atoms with Crippen molar-refractivity contribution in [1.82, 2.24) is 0 Å². The average molecular weight is 144 g/mol. The molecule has 0 aliphatic carbocycles. The molecular formula is C2H5Cl2OSi. The molecule has 0 rings (SSSR count). The molecule has 0 saturated carbocycles. The summed E-state index contributed by atoms with van der Waals surface area (Å²) in [6.07, 6.45) is 0.508. The number of hydrogen-bond donors (Lipinski definition) is 0. The summed E-state index contributed by atoms with van der Waals surface area (Å²) in [5.74, 6) is 0. The molecule has 6 heavy (non-hydrogen) atoms. The van der Waals surface area contributed by atoms with Crippen LogP contribution in [0.25, 0.3) is 0 Å². The molecule has 0 aromatic carbocycles. The molecule has 0 aromatic heterocycles. The Morgan fingerprint density at radius 1 is 1.67 bits per heavy atom. The molecule has 0 unspecified atom stereocenters. The van der Waals surface area contributed by atoms with Gasteiger partial charge in [0.25, 0.3) is 7.42 Å². The maximum Gasteiger partial charge on any atom is 0.300 e. The van der Waals surface area contributed by atoms with Gasteiger partial charge in [-0.15, -0.1) is 22.2 Å². The van der Waals surface area contributed by atoms with Crippen LogP contribution in [0.3, 0.4) is 0 Å². The Morgan fingerprint density at radius 3 is 2.17 bits per heavy atom. The highest BCUT2D eigenvalue weighted by Crippen LogP contribution is 1.92. The van der Waals surface area contributed by atoms with Gasteiger partial charge in [-0.1, -0.05) is 0 Å². The second-order valence-corrected chi connectivity index (χ2v) is 5.06. The molecule has 0 amide bonds. The van der Waals surface area contributed by atoms with Gasteiger partial charge in [0.2, 0.25) is 0 Å². The lowest BCUT2D eigenvalue weighted by Gasteiger charge is -1.89. The van der Waals surface area contributed by atoms with Crippen molar-refractivity contribution >= 4 is 29.6 Å². The van der Waals surface area contributed by atoms with Gasteiger partial charge in [-0.3, -0.25) is 0 Å². The second-order valence-electron chi connectivity index (χ2n) is 0.772. The number of rotatable bonds is 2. The minimum Gasteiger partial charge on any atom is -0.385 e. The first kappa shape index (κ1) is 6.76. The molecule has 1 nitrogen and oxygen atoms in total. The Balaban J connectivity index is 2.63. The van der Waals surface area contributed by atoms with Gasteiger partial charge in [0.1, 0.15) is 0 Å². The minimum absolute atomic E-state index is 0.508. The fraction of sp³-hybridized carbons (Fsp3) is 1.00. The highest BCUT2D eigenvalue weighted by molar-refractivity contribution is 7.33. The highest BCUT2D eigenvalue weighted by atomic mass is 35.7.